The van der Waals surface area contributed by atoms with Crippen molar-refractivity contribution in [2.45, 2.75) is 13.0 Å². The van der Waals surface area contributed by atoms with Crippen LogP contribution in [0.1, 0.15) is 22.7 Å². The summed E-state index contributed by atoms with van der Waals surface area (Å²) in [5, 5.41) is 0. The Kier molecular flexibility index (Phi) is 4.59. The molecule has 0 aliphatic rings. The summed E-state index contributed by atoms with van der Waals surface area (Å²) >= 11 is 0. The van der Waals surface area contributed by atoms with Crippen molar-refractivity contribution in [3.63, 3.8) is 0 Å². The molecule has 0 aliphatic heterocycles. The van der Waals surface area contributed by atoms with Crippen LogP contribution >= 0.6 is 0 Å². The SMILES string of the molecule is C=CCCOCc1ccc(C(=O)NN)o1. The van der Waals surface area contributed by atoms with Crippen molar-refractivity contribution in [2.24, 2.45) is 5.84 Å². The summed E-state index contributed by atoms with van der Waals surface area (Å²) in [6.07, 6.45) is 2.56. The van der Waals surface area contributed by atoms with Crippen molar-refractivity contribution in [2.75, 3.05) is 6.61 Å². The first-order valence-electron chi connectivity index (χ1n) is 4.56. The monoisotopic (exact) mass is 210 g/mol. The molecule has 82 valence electrons. The predicted molar refractivity (Wildman–Crippen MR) is 54.8 cm³/mol. The molecule has 1 aromatic rings. The molecule has 0 spiro atoms. The van der Waals surface area contributed by atoms with Crippen molar-refractivity contribution >= 4 is 5.91 Å². The average molecular weight is 210 g/mol. The van der Waals surface area contributed by atoms with E-state index in [1.165, 1.54) is 0 Å². The third kappa shape index (κ3) is 3.57. The van der Waals surface area contributed by atoms with E-state index in [-0.39, 0.29) is 5.76 Å². The van der Waals surface area contributed by atoms with E-state index in [1.54, 1.807) is 18.2 Å². The Labute approximate surface area is 87.9 Å². The maximum atomic E-state index is 11.0. The van der Waals surface area contributed by atoms with Gasteiger partial charge in [-0.1, -0.05) is 6.08 Å². The van der Waals surface area contributed by atoms with E-state index in [9.17, 15) is 4.79 Å². The van der Waals surface area contributed by atoms with Crippen LogP contribution in [0.25, 0.3) is 0 Å². The molecule has 1 rings (SSSR count). The van der Waals surface area contributed by atoms with Crippen molar-refractivity contribution in [1.29, 1.82) is 0 Å². The molecule has 0 unspecified atom stereocenters. The molecule has 1 heterocycles. The number of furan rings is 1. The Balaban J connectivity index is 2.39. The molecule has 0 saturated carbocycles. The van der Waals surface area contributed by atoms with E-state index in [1.807, 2.05) is 5.43 Å². The van der Waals surface area contributed by atoms with Gasteiger partial charge in [0.1, 0.15) is 12.4 Å². The number of hydrogen-bond donors (Lipinski definition) is 2. The third-order valence-corrected chi connectivity index (χ3v) is 1.73. The van der Waals surface area contributed by atoms with E-state index in [0.717, 1.165) is 6.42 Å². The molecule has 1 amide bonds. The number of carbonyl (C=O) groups excluding carboxylic acids is 1. The standard InChI is InChI=1S/C10H14N2O3/c1-2-3-6-14-7-8-4-5-9(15-8)10(13)12-11/h2,4-5H,1,3,6-7,11H2,(H,12,13). The normalized spacial score (nSPS) is 9.93. The number of hydrogen-bond acceptors (Lipinski definition) is 4. The smallest absolute Gasteiger partial charge is 0.300 e. The van der Waals surface area contributed by atoms with Gasteiger partial charge >= 0.3 is 5.91 Å². The van der Waals surface area contributed by atoms with E-state index in [2.05, 4.69) is 6.58 Å². The highest BCUT2D eigenvalue weighted by atomic mass is 16.5. The molecule has 15 heavy (non-hydrogen) atoms. The lowest BCUT2D eigenvalue weighted by Gasteiger charge is -1.98. The summed E-state index contributed by atoms with van der Waals surface area (Å²) in [6, 6.07) is 3.23. The van der Waals surface area contributed by atoms with Crippen LogP contribution in [-0.2, 0) is 11.3 Å². The van der Waals surface area contributed by atoms with Crippen LogP contribution in [0.15, 0.2) is 29.2 Å². The first kappa shape index (κ1) is 11.5. The Morgan fingerprint density at radius 2 is 2.47 bits per heavy atom. The molecule has 1 aromatic heterocycles. The van der Waals surface area contributed by atoms with Gasteiger partial charge in [0.05, 0.1) is 6.61 Å². The van der Waals surface area contributed by atoms with Gasteiger partial charge in [-0.05, 0) is 18.6 Å². The maximum absolute atomic E-state index is 11.0. The van der Waals surface area contributed by atoms with Gasteiger partial charge in [0.25, 0.3) is 0 Å². The lowest BCUT2D eigenvalue weighted by Crippen LogP contribution is -2.29. The highest BCUT2D eigenvalue weighted by Crippen LogP contribution is 2.08. The number of nitrogens with one attached hydrogen (secondary N) is 1. The lowest BCUT2D eigenvalue weighted by atomic mass is 10.4. The fourth-order valence-corrected chi connectivity index (χ4v) is 0.988. The first-order chi connectivity index (χ1) is 7.27. The van der Waals surface area contributed by atoms with Crippen LogP contribution < -0.4 is 11.3 Å². The summed E-state index contributed by atoms with van der Waals surface area (Å²) in [6.45, 7) is 4.50. The van der Waals surface area contributed by atoms with Gasteiger partial charge in [-0.2, -0.15) is 0 Å². The van der Waals surface area contributed by atoms with E-state index < -0.39 is 5.91 Å². The number of carbonyl (C=O) groups is 1. The zero-order chi connectivity index (χ0) is 11.1. The van der Waals surface area contributed by atoms with Crippen LogP contribution in [0.2, 0.25) is 0 Å². The van der Waals surface area contributed by atoms with Crippen LogP contribution in [0, 0.1) is 0 Å². The van der Waals surface area contributed by atoms with Crippen molar-refractivity contribution < 1.29 is 13.9 Å². The van der Waals surface area contributed by atoms with Gasteiger partial charge in [0.15, 0.2) is 5.76 Å². The average Bonchev–Trinajstić information content (AvgIpc) is 2.72. The van der Waals surface area contributed by atoms with E-state index >= 15 is 0 Å². The molecule has 5 heteroatoms. The molecule has 3 N–H and O–H groups in total. The quantitative estimate of drug-likeness (QED) is 0.241. The number of hydrazine groups is 1. The van der Waals surface area contributed by atoms with Gasteiger partial charge in [-0.25, -0.2) is 5.84 Å². The second-order valence-electron chi connectivity index (χ2n) is 2.87. The lowest BCUT2D eigenvalue weighted by molar-refractivity contribution is 0.0900. The zero-order valence-electron chi connectivity index (χ0n) is 8.36. The molecule has 0 bridgehead atoms. The van der Waals surface area contributed by atoms with Crippen LogP contribution in [0.3, 0.4) is 0 Å². The summed E-state index contributed by atoms with van der Waals surface area (Å²) < 4.78 is 10.4. The second-order valence-corrected chi connectivity index (χ2v) is 2.87. The molecular formula is C10H14N2O3. The van der Waals surface area contributed by atoms with Gasteiger partial charge in [0, 0.05) is 0 Å². The fourth-order valence-electron chi connectivity index (χ4n) is 0.988. The van der Waals surface area contributed by atoms with Crippen molar-refractivity contribution in [3.05, 3.63) is 36.3 Å². The largest absolute Gasteiger partial charge is 0.453 e. The van der Waals surface area contributed by atoms with Crippen molar-refractivity contribution in [3.8, 4) is 0 Å². The molecule has 0 aromatic carbocycles. The minimum Gasteiger partial charge on any atom is -0.453 e. The topological polar surface area (TPSA) is 77.5 Å². The summed E-state index contributed by atoms with van der Waals surface area (Å²) in [7, 11) is 0. The minimum atomic E-state index is -0.452. The Morgan fingerprint density at radius 1 is 1.67 bits per heavy atom. The number of amides is 1. The van der Waals surface area contributed by atoms with E-state index in [0.29, 0.717) is 19.0 Å². The zero-order valence-corrected chi connectivity index (χ0v) is 8.36. The Morgan fingerprint density at radius 3 is 3.13 bits per heavy atom. The summed E-state index contributed by atoms with van der Waals surface area (Å²) in [5.41, 5.74) is 1.98. The number of rotatable bonds is 6. The molecule has 0 radical (unpaired) electrons. The number of nitrogen functional groups attached to an aromatic ring is 1. The molecular weight excluding hydrogens is 196 g/mol. The number of nitrogens with two attached hydrogens (primary N) is 1. The van der Waals surface area contributed by atoms with Crippen LogP contribution in [-0.4, -0.2) is 12.5 Å². The molecule has 0 fully saturated rings. The first-order valence-corrected chi connectivity index (χ1v) is 4.56. The maximum Gasteiger partial charge on any atom is 0.300 e. The molecule has 5 nitrogen and oxygen atoms in total. The fraction of sp³-hybridized carbons (Fsp3) is 0.300. The third-order valence-electron chi connectivity index (χ3n) is 1.73. The van der Waals surface area contributed by atoms with Gasteiger partial charge in [-0.15, -0.1) is 6.58 Å². The predicted octanol–water partition coefficient (Wildman–Crippen LogP) is 0.976. The van der Waals surface area contributed by atoms with Gasteiger partial charge in [-0.3, -0.25) is 10.2 Å². The Hall–Kier alpha value is -1.59. The van der Waals surface area contributed by atoms with E-state index in [4.69, 9.17) is 15.0 Å². The summed E-state index contributed by atoms with van der Waals surface area (Å²) in [4.78, 5) is 11.0. The minimum absolute atomic E-state index is 0.180. The Bertz CT molecular complexity index is 333. The van der Waals surface area contributed by atoms with Crippen molar-refractivity contribution in [1.82, 2.24) is 5.43 Å². The molecule has 0 atom stereocenters. The molecule has 0 saturated heterocycles. The second kappa shape index (κ2) is 6.00. The van der Waals surface area contributed by atoms with Crippen LogP contribution in [0.4, 0.5) is 0 Å². The highest BCUT2D eigenvalue weighted by Gasteiger charge is 2.08. The molecule has 0 aliphatic carbocycles. The number of ether oxygens (including phenoxy) is 1. The highest BCUT2D eigenvalue weighted by molar-refractivity contribution is 5.90. The summed E-state index contributed by atoms with van der Waals surface area (Å²) in [5.74, 6) is 5.28. The van der Waals surface area contributed by atoms with Gasteiger partial charge in [0.2, 0.25) is 0 Å². The van der Waals surface area contributed by atoms with Gasteiger partial charge < -0.3 is 9.15 Å². The van der Waals surface area contributed by atoms with Crippen LogP contribution in [0.5, 0.6) is 0 Å².